The molecule has 0 saturated carbocycles. The highest BCUT2D eigenvalue weighted by Crippen LogP contribution is 2.07. The van der Waals surface area contributed by atoms with Gasteiger partial charge in [-0.2, -0.15) is 0 Å². The van der Waals surface area contributed by atoms with Crippen LogP contribution in [0.25, 0.3) is 0 Å². The first kappa shape index (κ1) is 16.6. The molecule has 0 unspecified atom stereocenters. The van der Waals surface area contributed by atoms with Crippen LogP contribution in [0.5, 0.6) is 0 Å². The molecule has 112 valence electrons. The molecule has 1 aromatic rings. The Labute approximate surface area is 121 Å². The summed E-state index contributed by atoms with van der Waals surface area (Å²) in [6, 6.07) is 5.17. The van der Waals surface area contributed by atoms with Crippen molar-refractivity contribution in [2.45, 2.75) is 20.4 Å². The van der Waals surface area contributed by atoms with Crippen molar-refractivity contribution < 1.29 is 9.90 Å². The molecule has 0 radical (unpaired) electrons. The lowest BCUT2D eigenvalue weighted by Crippen LogP contribution is -2.34. The average molecular weight is 279 g/mol. The van der Waals surface area contributed by atoms with Crippen LogP contribution in [0, 0.1) is 5.92 Å². The zero-order valence-corrected chi connectivity index (χ0v) is 12.8. The Kier molecular flexibility index (Phi) is 6.61. The minimum Gasteiger partial charge on any atom is -0.477 e. The monoisotopic (exact) mass is 279 g/mol. The number of pyridine rings is 1. The fraction of sp³-hybridized carbons (Fsp3) is 0.600. The summed E-state index contributed by atoms with van der Waals surface area (Å²) in [5.41, 5.74) is 0.920. The molecule has 0 saturated heterocycles. The standard InChI is InChI=1S/C15H25N3O2/c1-12(2)10-18(9-8-17(3)4)11-13-6-5-7-14(16-13)15(19)20/h5-7,12H,8-11H2,1-4H3,(H,19,20). The minimum absolute atomic E-state index is 0.111. The summed E-state index contributed by atoms with van der Waals surface area (Å²) in [5.74, 6) is -0.407. The maximum absolute atomic E-state index is 10.9. The fourth-order valence-corrected chi connectivity index (χ4v) is 2.01. The van der Waals surface area contributed by atoms with Gasteiger partial charge in [0.05, 0.1) is 5.69 Å². The summed E-state index contributed by atoms with van der Waals surface area (Å²) in [4.78, 5) is 19.6. The molecule has 5 heteroatoms. The molecule has 0 aliphatic rings. The summed E-state index contributed by atoms with van der Waals surface area (Å²) in [6.45, 7) is 7.96. The van der Waals surface area contributed by atoms with Gasteiger partial charge in [0.2, 0.25) is 0 Å². The van der Waals surface area contributed by atoms with Gasteiger partial charge < -0.3 is 10.0 Å². The third-order valence-corrected chi connectivity index (χ3v) is 2.90. The highest BCUT2D eigenvalue weighted by molar-refractivity contribution is 5.85. The first-order valence-corrected chi connectivity index (χ1v) is 6.94. The number of carboxylic acid groups (broad SMARTS) is 1. The van der Waals surface area contributed by atoms with Crippen LogP contribution in [-0.4, -0.2) is 59.6 Å². The molecule has 1 N–H and O–H groups in total. The maximum Gasteiger partial charge on any atom is 0.354 e. The molecule has 0 aliphatic heterocycles. The Bertz CT molecular complexity index is 433. The highest BCUT2D eigenvalue weighted by atomic mass is 16.4. The van der Waals surface area contributed by atoms with E-state index in [9.17, 15) is 4.79 Å². The predicted octanol–water partition coefficient (Wildman–Crippen LogP) is 1.80. The van der Waals surface area contributed by atoms with Crippen molar-refractivity contribution >= 4 is 5.97 Å². The van der Waals surface area contributed by atoms with E-state index < -0.39 is 5.97 Å². The molecule has 5 nitrogen and oxygen atoms in total. The lowest BCUT2D eigenvalue weighted by molar-refractivity contribution is 0.0690. The van der Waals surface area contributed by atoms with Crippen LogP contribution in [0.4, 0.5) is 0 Å². The molecule has 0 spiro atoms. The van der Waals surface area contributed by atoms with Crippen molar-refractivity contribution in [3.05, 3.63) is 29.6 Å². The van der Waals surface area contributed by atoms with Crippen LogP contribution < -0.4 is 0 Å². The zero-order valence-electron chi connectivity index (χ0n) is 12.8. The number of carboxylic acids is 1. The molecular weight excluding hydrogens is 254 g/mol. The summed E-state index contributed by atoms with van der Waals surface area (Å²) >= 11 is 0. The van der Waals surface area contributed by atoms with Gasteiger partial charge in [0.25, 0.3) is 0 Å². The Balaban J connectivity index is 2.72. The lowest BCUT2D eigenvalue weighted by atomic mass is 10.2. The third-order valence-electron chi connectivity index (χ3n) is 2.90. The number of rotatable bonds is 8. The predicted molar refractivity (Wildman–Crippen MR) is 79.9 cm³/mol. The number of aromatic carboxylic acids is 1. The van der Waals surface area contributed by atoms with Crippen LogP contribution in [0.3, 0.4) is 0 Å². The average Bonchev–Trinajstić information content (AvgIpc) is 2.35. The number of hydrogen-bond acceptors (Lipinski definition) is 4. The summed E-state index contributed by atoms with van der Waals surface area (Å²) in [6.07, 6.45) is 0. The second-order valence-electron chi connectivity index (χ2n) is 5.75. The van der Waals surface area contributed by atoms with E-state index in [0.29, 0.717) is 12.5 Å². The molecule has 0 bridgehead atoms. The van der Waals surface area contributed by atoms with Gasteiger partial charge in [0.1, 0.15) is 5.69 Å². The number of likely N-dealkylation sites (N-methyl/N-ethyl adjacent to an activating group) is 1. The number of hydrogen-bond donors (Lipinski definition) is 1. The van der Waals surface area contributed by atoms with Gasteiger partial charge in [-0.05, 0) is 32.1 Å². The molecule has 1 heterocycles. The van der Waals surface area contributed by atoms with Crippen LogP contribution in [0.1, 0.15) is 30.0 Å². The van der Waals surface area contributed by atoms with Gasteiger partial charge in [-0.15, -0.1) is 0 Å². The molecule has 20 heavy (non-hydrogen) atoms. The highest BCUT2D eigenvalue weighted by Gasteiger charge is 2.11. The van der Waals surface area contributed by atoms with Gasteiger partial charge in [-0.1, -0.05) is 19.9 Å². The molecule has 1 rings (SSSR count). The second-order valence-corrected chi connectivity index (χ2v) is 5.75. The number of aromatic nitrogens is 1. The van der Waals surface area contributed by atoms with E-state index in [1.54, 1.807) is 6.07 Å². The van der Waals surface area contributed by atoms with E-state index in [1.807, 2.05) is 6.07 Å². The largest absolute Gasteiger partial charge is 0.477 e. The van der Waals surface area contributed by atoms with Crippen LogP contribution in [0.2, 0.25) is 0 Å². The second kappa shape index (κ2) is 7.97. The zero-order chi connectivity index (χ0) is 15.1. The maximum atomic E-state index is 10.9. The molecule has 0 aromatic carbocycles. The van der Waals surface area contributed by atoms with E-state index in [2.05, 4.69) is 42.7 Å². The molecule has 0 aliphatic carbocycles. The van der Waals surface area contributed by atoms with Crippen molar-refractivity contribution in [1.29, 1.82) is 0 Å². The van der Waals surface area contributed by atoms with E-state index in [0.717, 1.165) is 25.3 Å². The summed E-state index contributed by atoms with van der Waals surface area (Å²) < 4.78 is 0. The van der Waals surface area contributed by atoms with Crippen LogP contribution in [0.15, 0.2) is 18.2 Å². The van der Waals surface area contributed by atoms with E-state index in [-0.39, 0.29) is 5.69 Å². The number of carbonyl (C=O) groups is 1. The molecular formula is C15H25N3O2. The van der Waals surface area contributed by atoms with Crippen molar-refractivity contribution in [2.75, 3.05) is 33.7 Å². The van der Waals surface area contributed by atoms with E-state index >= 15 is 0 Å². The molecule has 0 fully saturated rings. The smallest absolute Gasteiger partial charge is 0.354 e. The van der Waals surface area contributed by atoms with Crippen LogP contribution in [-0.2, 0) is 6.54 Å². The quantitative estimate of drug-likeness (QED) is 0.786. The Morgan fingerprint density at radius 2 is 2.00 bits per heavy atom. The van der Waals surface area contributed by atoms with E-state index in [4.69, 9.17) is 5.11 Å². The SMILES string of the molecule is CC(C)CN(CCN(C)C)Cc1cccc(C(=O)O)n1. The van der Waals surface area contributed by atoms with Crippen molar-refractivity contribution in [3.63, 3.8) is 0 Å². The lowest BCUT2D eigenvalue weighted by Gasteiger charge is -2.25. The van der Waals surface area contributed by atoms with Crippen molar-refractivity contribution in [2.24, 2.45) is 5.92 Å². The van der Waals surface area contributed by atoms with Gasteiger partial charge in [-0.3, -0.25) is 4.90 Å². The van der Waals surface area contributed by atoms with Gasteiger partial charge in [0.15, 0.2) is 0 Å². The van der Waals surface area contributed by atoms with E-state index in [1.165, 1.54) is 6.07 Å². The van der Waals surface area contributed by atoms with Crippen molar-refractivity contribution in [1.82, 2.24) is 14.8 Å². The van der Waals surface area contributed by atoms with Crippen LogP contribution >= 0.6 is 0 Å². The van der Waals surface area contributed by atoms with Crippen molar-refractivity contribution in [3.8, 4) is 0 Å². The first-order valence-electron chi connectivity index (χ1n) is 6.94. The van der Waals surface area contributed by atoms with Gasteiger partial charge in [0, 0.05) is 26.2 Å². The topological polar surface area (TPSA) is 56.7 Å². The molecule has 0 atom stereocenters. The minimum atomic E-state index is -0.976. The Hall–Kier alpha value is -1.46. The summed E-state index contributed by atoms with van der Waals surface area (Å²) in [7, 11) is 4.10. The third kappa shape index (κ3) is 6.12. The first-order chi connectivity index (χ1) is 9.38. The fourth-order valence-electron chi connectivity index (χ4n) is 2.01. The molecule has 0 amide bonds. The van der Waals surface area contributed by atoms with Gasteiger partial charge >= 0.3 is 5.97 Å². The molecule has 1 aromatic heterocycles. The van der Waals surface area contributed by atoms with Gasteiger partial charge in [-0.25, -0.2) is 9.78 Å². The normalized spacial score (nSPS) is 11.6. The number of nitrogens with zero attached hydrogens (tertiary/aromatic N) is 3. The Morgan fingerprint density at radius 1 is 1.30 bits per heavy atom. The Morgan fingerprint density at radius 3 is 2.55 bits per heavy atom. The summed E-state index contributed by atoms with van der Waals surface area (Å²) in [5, 5.41) is 8.98.